The average molecular weight is 429 g/mol. The molecule has 0 spiro atoms. The van der Waals surface area contributed by atoms with Crippen LogP contribution >= 0.6 is 11.6 Å². The van der Waals surface area contributed by atoms with E-state index in [2.05, 4.69) is 10.6 Å². The van der Waals surface area contributed by atoms with E-state index in [1.54, 1.807) is 54.6 Å². The Morgan fingerprint density at radius 1 is 0.966 bits per heavy atom. The van der Waals surface area contributed by atoms with Crippen LogP contribution in [0.5, 0.6) is 0 Å². The summed E-state index contributed by atoms with van der Waals surface area (Å²) in [6.07, 6.45) is 1.18. The Morgan fingerprint density at radius 2 is 1.66 bits per heavy atom. The number of sulfone groups is 1. The number of carbonyl (C=O) groups excluding carboxylic acids is 1. The van der Waals surface area contributed by atoms with E-state index in [0.717, 1.165) is 11.1 Å². The maximum atomic E-state index is 12.5. The molecule has 3 aromatic rings. The fourth-order valence-corrected chi connectivity index (χ4v) is 3.96. The number of aryl methyl sites for hydroxylation is 1. The normalized spacial score (nSPS) is 11.1. The maximum absolute atomic E-state index is 12.5. The highest BCUT2D eigenvalue weighted by Crippen LogP contribution is 2.22. The quantitative estimate of drug-likeness (QED) is 0.584. The average Bonchev–Trinajstić information content (AvgIpc) is 2.68. The molecule has 0 aliphatic rings. The molecule has 2 N–H and O–H groups in total. The first kappa shape index (κ1) is 20.9. The van der Waals surface area contributed by atoms with E-state index < -0.39 is 9.84 Å². The lowest BCUT2D eigenvalue weighted by molar-refractivity contribution is 0.102. The summed E-state index contributed by atoms with van der Waals surface area (Å²) in [4.78, 5) is 12.7. The zero-order valence-corrected chi connectivity index (χ0v) is 17.6. The summed E-state index contributed by atoms with van der Waals surface area (Å²) < 4.78 is 23.8. The van der Waals surface area contributed by atoms with Crippen LogP contribution in [0.3, 0.4) is 0 Å². The molecule has 0 aromatic heterocycles. The van der Waals surface area contributed by atoms with Crippen molar-refractivity contribution in [2.24, 2.45) is 0 Å². The molecule has 0 bridgehead atoms. The number of para-hydroxylation sites is 1. The molecule has 0 saturated carbocycles. The molecule has 0 fully saturated rings. The van der Waals surface area contributed by atoms with E-state index in [9.17, 15) is 13.2 Å². The van der Waals surface area contributed by atoms with Crippen molar-refractivity contribution >= 4 is 38.7 Å². The minimum Gasteiger partial charge on any atom is -0.380 e. The number of anilines is 2. The van der Waals surface area contributed by atoms with Gasteiger partial charge in [0.2, 0.25) is 0 Å². The van der Waals surface area contributed by atoms with Crippen LogP contribution in [-0.2, 0) is 16.4 Å². The van der Waals surface area contributed by atoms with E-state index in [1.807, 2.05) is 19.1 Å². The highest BCUT2D eigenvalue weighted by molar-refractivity contribution is 7.90. The predicted molar refractivity (Wildman–Crippen MR) is 117 cm³/mol. The maximum Gasteiger partial charge on any atom is 0.255 e. The van der Waals surface area contributed by atoms with Crippen LogP contribution in [0.2, 0.25) is 5.02 Å². The van der Waals surface area contributed by atoms with Gasteiger partial charge in [-0.15, -0.1) is 0 Å². The van der Waals surface area contributed by atoms with Gasteiger partial charge in [-0.3, -0.25) is 4.79 Å². The van der Waals surface area contributed by atoms with Crippen LogP contribution in [0.25, 0.3) is 0 Å². The zero-order chi connectivity index (χ0) is 21.0. The molecule has 1 amide bonds. The second-order valence-corrected chi connectivity index (χ2v) is 9.15. The fourth-order valence-electron chi connectivity index (χ4n) is 2.87. The first-order valence-corrected chi connectivity index (χ1v) is 11.2. The second kappa shape index (κ2) is 8.68. The molecule has 0 aliphatic carbocycles. The summed E-state index contributed by atoms with van der Waals surface area (Å²) in [7, 11) is -3.32. The third-order valence-corrected chi connectivity index (χ3v) is 5.81. The molecule has 5 nitrogen and oxygen atoms in total. The van der Waals surface area contributed by atoms with Crippen LogP contribution < -0.4 is 10.6 Å². The fraction of sp³-hybridized carbons (Fsp3) is 0.136. The van der Waals surface area contributed by atoms with Crippen molar-refractivity contribution < 1.29 is 13.2 Å². The lowest BCUT2D eigenvalue weighted by Gasteiger charge is -2.12. The van der Waals surface area contributed by atoms with Crippen LogP contribution in [0.1, 0.15) is 21.5 Å². The first-order chi connectivity index (χ1) is 13.7. The van der Waals surface area contributed by atoms with Crippen molar-refractivity contribution in [2.45, 2.75) is 18.4 Å². The van der Waals surface area contributed by atoms with Crippen LogP contribution in [-0.4, -0.2) is 20.6 Å². The lowest BCUT2D eigenvalue weighted by Crippen LogP contribution is -2.13. The van der Waals surface area contributed by atoms with Crippen LogP contribution in [0, 0.1) is 6.92 Å². The van der Waals surface area contributed by atoms with Gasteiger partial charge in [0.05, 0.1) is 10.6 Å². The molecular weight excluding hydrogens is 408 g/mol. The zero-order valence-electron chi connectivity index (χ0n) is 16.1. The summed E-state index contributed by atoms with van der Waals surface area (Å²) in [5.41, 5.74) is 3.60. The van der Waals surface area contributed by atoms with Gasteiger partial charge < -0.3 is 10.6 Å². The molecule has 3 rings (SSSR count). The molecule has 3 aromatic carbocycles. The van der Waals surface area contributed by atoms with Crippen molar-refractivity contribution in [1.29, 1.82) is 0 Å². The van der Waals surface area contributed by atoms with Gasteiger partial charge >= 0.3 is 0 Å². The van der Waals surface area contributed by atoms with Gasteiger partial charge in [-0.2, -0.15) is 0 Å². The number of benzene rings is 3. The first-order valence-electron chi connectivity index (χ1n) is 8.93. The SMILES string of the molecule is Cc1cc(Cl)ccc1NC(=O)c1ccc(CNc2ccccc2S(C)(=O)=O)cc1. The van der Waals surface area contributed by atoms with Crippen molar-refractivity contribution in [1.82, 2.24) is 0 Å². The third kappa shape index (κ3) is 5.37. The van der Waals surface area contributed by atoms with Crippen molar-refractivity contribution in [2.75, 3.05) is 16.9 Å². The van der Waals surface area contributed by atoms with E-state index in [-0.39, 0.29) is 10.8 Å². The minimum atomic E-state index is -3.32. The molecule has 0 heterocycles. The van der Waals surface area contributed by atoms with Gasteiger partial charge in [0.1, 0.15) is 0 Å². The number of nitrogens with one attached hydrogen (secondary N) is 2. The summed E-state index contributed by atoms with van der Waals surface area (Å²) in [6.45, 7) is 2.31. The van der Waals surface area contributed by atoms with Gasteiger partial charge in [-0.05, 0) is 60.5 Å². The molecule has 0 aliphatic heterocycles. The predicted octanol–water partition coefficient (Wildman–Crippen LogP) is 4.92. The van der Waals surface area contributed by atoms with E-state index >= 15 is 0 Å². The number of hydrogen-bond donors (Lipinski definition) is 2. The van der Waals surface area contributed by atoms with E-state index in [1.165, 1.54) is 6.26 Å². The van der Waals surface area contributed by atoms with Crippen molar-refractivity contribution in [3.8, 4) is 0 Å². The van der Waals surface area contributed by atoms with Crippen LogP contribution in [0.15, 0.2) is 71.6 Å². The molecule has 0 saturated heterocycles. The largest absolute Gasteiger partial charge is 0.380 e. The molecule has 0 atom stereocenters. The number of hydrogen-bond acceptors (Lipinski definition) is 4. The van der Waals surface area contributed by atoms with E-state index in [0.29, 0.717) is 28.5 Å². The minimum absolute atomic E-state index is 0.211. The van der Waals surface area contributed by atoms with Crippen LogP contribution in [0.4, 0.5) is 11.4 Å². The van der Waals surface area contributed by atoms with Gasteiger partial charge in [-0.25, -0.2) is 8.42 Å². The number of amides is 1. The Morgan fingerprint density at radius 3 is 2.31 bits per heavy atom. The van der Waals surface area contributed by atoms with Crippen molar-refractivity contribution in [3.63, 3.8) is 0 Å². The van der Waals surface area contributed by atoms with Gasteiger partial charge in [0, 0.05) is 29.1 Å². The highest BCUT2D eigenvalue weighted by atomic mass is 35.5. The highest BCUT2D eigenvalue weighted by Gasteiger charge is 2.12. The Kier molecular flexibility index (Phi) is 6.25. The molecule has 150 valence electrons. The molecule has 0 radical (unpaired) electrons. The van der Waals surface area contributed by atoms with Gasteiger partial charge in [0.15, 0.2) is 9.84 Å². The topological polar surface area (TPSA) is 75.3 Å². The number of rotatable bonds is 6. The third-order valence-electron chi connectivity index (χ3n) is 4.42. The Bertz CT molecular complexity index is 1140. The Labute approximate surface area is 175 Å². The summed E-state index contributed by atoms with van der Waals surface area (Å²) >= 11 is 5.94. The summed E-state index contributed by atoms with van der Waals surface area (Å²) in [5.74, 6) is -0.211. The standard InChI is InChI=1S/C22H21ClN2O3S/c1-15-13-18(23)11-12-19(15)25-22(26)17-9-7-16(8-10-17)14-24-20-5-3-4-6-21(20)29(2,27)28/h3-13,24H,14H2,1-2H3,(H,25,26). The Hall–Kier alpha value is -2.83. The summed E-state index contributed by atoms with van der Waals surface area (Å²) in [5, 5.41) is 6.64. The number of halogens is 1. The monoisotopic (exact) mass is 428 g/mol. The smallest absolute Gasteiger partial charge is 0.255 e. The Balaban J connectivity index is 1.67. The van der Waals surface area contributed by atoms with E-state index in [4.69, 9.17) is 11.6 Å². The molecule has 0 unspecified atom stereocenters. The van der Waals surface area contributed by atoms with Gasteiger partial charge in [-0.1, -0.05) is 35.9 Å². The lowest BCUT2D eigenvalue weighted by atomic mass is 10.1. The number of carbonyl (C=O) groups is 1. The van der Waals surface area contributed by atoms with Crippen molar-refractivity contribution in [3.05, 3.63) is 88.4 Å². The molecule has 7 heteroatoms. The second-order valence-electron chi connectivity index (χ2n) is 6.73. The molecular formula is C22H21ClN2O3S. The van der Waals surface area contributed by atoms with Gasteiger partial charge in [0.25, 0.3) is 5.91 Å². The molecule has 29 heavy (non-hydrogen) atoms. The summed E-state index contributed by atoms with van der Waals surface area (Å²) in [6, 6.07) is 19.2.